The number of esters is 3. The summed E-state index contributed by atoms with van der Waals surface area (Å²) in [5, 5.41) is 0. The van der Waals surface area contributed by atoms with E-state index in [4.69, 9.17) is 14.2 Å². The van der Waals surface area contributed by atoms with Crippen molar-refractivity contribution in [1.82, 2.24) is 0 Å². The molecule has 0 radical (unpaired) electrons. The van der Waals surface area contributed by atoms with Gasteiger partial charge in [-0.15, -0.1) is 0 Å². The lowest BCUT2D eigenvalue weighted by molar-refractivity contribution is -0.167. The molecule has 0 aliphatic heterocycles. The molecule has 0 saturated carbocycles. The first-order valence-electron chi connectivity index (χ1n) is 28.9. The van der Waals surface area contributed by atoms with Gasteiger partial charge in [0.1, 0.15) is 13.2 Å². The predicted molar refractivity (Wildman–Crippen MR) is 302 cm³/mol. The number of hydrogen-bond acceptors (Lipinski definition) is 6. The Labute approximate surface area is 431 Å². The van der Waals surface area contributed by atoms with Gasteiger partial charge in [0, 0.05) is 19.3 Å². The van der Waals surface area contributed by atoms with Crippen LogP contribution in [0, 0.1) is 0 Å². The number of ether oxygens (including phenoxy) is 3. The lowest BCUT2D eigenvalue weighted by Gasteiger charge is -2.18. The summed E-state index contributed by atoms with van der Waals surface area (Å²) >= 11 is 0. The maximum Gasteiger partial charge on any atom is 0.306 e. The van der Waals surface area contributed by atoms with E-state index in [1.165, 1.54) is 89.9 Å². The molecule has 398 valence electrons. The van der Waals surface area contributed by atoms with Crippen molar-refractivity contribution in [2.75, 3.05) is 13.2 Å². The zero-order chi connectivity index (χ0) is 50.7. The lowest BCUT2D eigenvalue weighted by atomic mass is 10.1. The zero-order valence-electron chi connectivity index (χ0n) is 45.5. The maximum absolute atomic E-state index is 12.9. The SMILES string of the molecule is CC\C=C/C=C\C=C/CCCCCCCCCC(=O)OCC(COC(=O)CCCCCCCC/C=C\C/C=C\C/C=C\C/C=C\CC)OC(=O)CCCCCCC/C=C\C=C/CCCCCCCCC. The molecule has 0 aromatic heterocycles. The molecule has 0 rings (SSSR count). The molecule has 0 spiro atoms. The average molecular weight is 972 g/mol. The Balaban J connectivity index is 4.46. The smallest absolute Gasteiger partial charge is 0.306 e. The van der Waals surface area contributed by atoms with Crippen molar-refractivity contribution in [3.63, 3.8) is 0 Å². The summed E-state index contributed by atoms with van der Waals surface area (Å²) in [4.78, 5) is 38.2. The molecule has 0 bridgehead atoms. The third-order valence-corrected chi connectivity index (χ3v) is 12.1. The van der Waals surface area contributed by atoms with Crippen LogP contribution in [-0.4, -0.2) is 37.2 Å². The minimum atomic E-state index is -0.800. The van der Waals surface area contributed by atoms with Crippen LogP contribution in [0.1, 0.15) is 258 Å². The van der Waals surface area contributed by atoms with Crippen LogP contribution >= 0.6 is 0 Å². The van der Waals surface area contributed by atoms with E-state index >= 15 is 0 Å². The first-order chi connectivity index (χ1) is 34.5. The van der Waals surface area contributed by atoms with Crippen molar-refractivity contribution >= 4 is 17.9 Å². The Bertz CT molecular complexity index is 1440. The summed E-state index contributed by atoms with van der Waals surface area (Å²) < 4.78 is 16.8. The van der Waals surface area contributed by atoms with E-state index in [0.717, 1.165) is 128 Å². The monoisotopic (exact) mass is 971 g/mol. The first-order valence-corrected chi connectivity index (χ1v) is 28.9. The number of rotatable bonds is 51. The average Bonchev–Trinajstić information content (AvgIpc) is 3.36. The number of carbonyl (C=O) groups is 3. The van der Waals surface area contributed by atoms with E-state index in [-0.39, 0.29) is 31.1 Å². The van der Waals surface area contributed by atoms with Crippen LogP contribution in [0.5, 0.6) is 0 Å². The van der Waals surface area contributed by atoms with Gasteiger partial charge in [-0.2, -0.15) is 0 Å². The number of hydrogen-bond donors (Lipinski definition) is 0. The molecule has 0 aliphatic rings. The molecule has 0 aromatic rings. The normalized spacial score (nSPS) is 12.9. The fourth-order valence-electron chi connectivity index (χ4n) is 7.78. The van der Waals surface area contributed by atoms with E-state index in [1.807, 2.05) is 0 Å². The molecule has 1 unspecified atom stereocenters. The van der Waals surface area contributed by atoms with Crippen LogP contribution in [0.15, 0.2) is 109 Å². The molecule has 0 aromatic carbocycles. The Morgan fingerprint density at radius 1 is 0.314 bits per heavy atom. The second kappa shape index (κ2) is 57.6. The van der Waals surface area contributed by atoms with Crippen LogP contribution < -0.4 is 0 Å². The highest BCUT2D eigenvalue weighted by molar-refractivity contribution is 5.71. The summed E-state index contributed by atoms with van der Waals surface area (Å²) in [6.07, 6.45) is 77.9. The minimum absolute atomic E-state index is 0.0969. The van der Waals surface area contributed by atoms with Crippen LogP contribution in [-0.2, 0) is 28.6 Å². The van der Waals surface area contributed by atoms with E-state index < -0.39 is 6.10 Å². The molecule has 6 nitrogen and oxygen atoms in total. The summed E-state index contributed by atoms with van der Waals surface area (Å²) in [5.41, 5.74) is 0. The molecule has 1 atom stereocenters. The number of allylic oxidation sites excluding steroid dienone is 18. The van der Waals surface area contributed by atoms with Gasteiger partial charge in [0.15, 0.2) is 6.10 Å². The van der Waals surface area contributed by atoms with Gasteiger partial charge in [0.2, 0.25) is 0 Å². The fraction of sp³-hybridized carbons (Fsp3) is 0.672. The molecule has 0 heterocycles. The standard InChI is InChI=1S/C64H106O6/c1-4-7-10-13-16-19-22-25-28-30-32-34-36-39-42-45-48-51-54-57-63(66)69-60-61(59-68-62(65)56-53-50-47-44-41-38-35-27-24-21-18-15-12-9-6-3)70-64(67)58-55-52-49-46-43-40-37-33-31-29-26-23-20-17-14-11-8-5-2/h7,9-10,12,15-16,18-19,21,24-25,28-29,31-34,37,61H,4-6,8,11,13-14,17,20,22-23,26-27,30,35-36,38-60H2,1-3H3/b10-7-,12-9-,18-15-,19-16-,24-21-,28-25-,31-29-,34-32-,37-33-. The van der Waals surface area contributed by atoms with Gasteiger partial charge in [-0.25, -0.2) is 0 Å². The van der Waals surface area contributed by atoms with Gasteiger partial charge in [0.25, 0.3) is 0 Å². The molecular formula is C64H106O6. The van der Waals surface area contributed by atoms with E-state index in [1.54, 1.807) is 0 Å². The van der Waals surface area contributed by atoms with Crippen molar-refractivity contribution in [2.45, 2.75) is 264 Å². The number of carbonyl (C=O) groups excluding carboxylic acids is 3. The fourth-order valence-corrected chi connectivity index (χ4v) is 7.78. The summed E-state index contributed by atoms with van der Waals surface area (Å²) in [6, 6.07) is 0. The van der Waals surface area contributed by atoms with Gasteiger partial charge < -0.3 is 14.2 Å². The van der Waals surface area contributed by atoms with Crippen molar-refractivity contribution in [3.05, 3.63) is 109 Å². The summed E-state index contributed by atoms with van der Waals surface area (Å²) in [5.74, 6) is -0.936. The first kappa shape index (κ1) is 66.1. The quantitative estimate of drug-likeness (QED) is 0.0199. The number of unbranched alkanes of at least 4 members (excludes halogenated alkanes) is 25. The second-order valence-corrected chi connectivity index (χ2v) is 18.9. The highest BCUT2D eigenvalue weighted by Gasteiger charge is 2.19. The van der Waals surface area contributed by atoms with Gasteiger partial charge in [0.05, 0.1) is 0 Å². The van der Waals surface area contributed by atoms with Gasteiger partial charge in [-0.1, -0.05) is 246 Å². The van der Waals surface area contributed by atoms with Crippen LogP contribution in [0.4, 0.5) is 0 Å². The topological polar surface area (TPSA) is 78.9 Å². The molecule has 0 amide bonds. The molecule has 0 N–H and O–H groups in total. The van der Waals surface area contributed by atoms with Crippen molar-refractivity contribution in [2.24, 2.45) is 0 Å². The minimum Gasteiger partial charge on any atom is -0.462 e. The van der Waals surface area contributed by atoms with E-state index in [9.17, 15) is 14.4 Å². The largest absolute Gasteiger partial charge is 0.462 e. The van der Waals surface area contributed by atoms with Crippen molar-refractivity contribution < 1.29 is 28.6 Å². The Morgan fingerprint density at radius 2 is 0.629 bits per heavy atom. The predicted octanol–water partition coefficient (Wildman–Crippen LogP) is 19.5. The second-order valence-electron chi connectivity index (χ2n) is 18.9. The summed E-state index contributed by atoms with van der Waals surface area (Å²) in [6.45, 7) is 6.36. The highest BCUT2D eigenvalue weighted by Crippen LogP contribution is 2.14. The van der Waals surface area contributed by atoms with Gasteiger partial charge in [-0.05, 0) is 103 Å². The Morgan fingerprint density at radius 3 is 1.04 bits per heavy atom. The molecule has 0 saturated heterocycles. The van der Waals surface area contributed by atoms with Crippen LogP contribution in [0.25, 0.3) is 0 Å². The third kappa shape index (κ3) is 55.0. The third-order valence-electron chi connectivity index (χ3n) is 12.1. The van der Waals surface area contributed by atoms with Crippen LogP contribution in [0.2, 0.25) is 0 Å². The maximum atomic E-state index is 12.9. The van der Waals surface area contributed by atoms with Crippen molar-refractivity contribution in [1.29, 1.82) is 0 Å². The zero-order valence-corrected chi connectivity index (χ0v) is 45.5. The Hall–Kier alpha value is -3.93. The molecule has 70 heavy (non-hydrogen) atoms. The van der Waals surface area contributed by atoms with Crippen molar-refractivity contribution in [3.8, 4) is 0 Å². The van der Waals surface area contributed by atoms with Crippen LogP contribution in [0.3, 0.4) is 0 Å². The molecule has 0 aliphatic carbocycles. The van der Waals surface area contributed by atoms with Gasteiger partial charge in [-0.3, -0.25) is 14.4 Å². The summed E-state index contributed by atoms with van der Waals surface area (Å²) in [7, 11) is 0. The molecule has 6 heteroatoms. The van der Waals surface area contributed by atoms with E-state index in [2.05, 4.69) is 130 Å². The lowest BCUT2D eigenvalue weighted by Crippen LogP contribution is -2.30. The Kier molecular flexibility index (Phi) is 54.4. The van der Waals surface area contributed by atoms with E-state index in [0.29, 0.717) is 19.3 Å². The molecule has 0 fully saturated rings. The highest BCUT2D eigenvalue weighted by atomic mass is 16.6. The molecular weight excluding hydrogens is 865 g/mol. The van der Waals surface area contributed by atoms with Gasteiger partial charge >= 0.3 is 17.9 Å².